The second-order valence-electron chi connectivity index (χ2n) is 6.58. The molecule has 1 atom stereocenters. The number of hydrogen-bond acceptors (Lipinski definition) is 6. The van der Waals surface area contributed by atoms with E-state index in [4.69, 9.17) is 11.6 Å². The summed E-state index contributed by atoms with van der Waals surface area (Å²) >= 11 is 7.04. The van der Waals surface area contributed by atoms with Crippen LogP contribution in [0.2, 0.25) is 5.02 Å². The highest BCUT2D eigenvalue weighted by atomic mass is 35.5. The molecule has 1 aliphatic heterocycles. The van der Waals surface area contributed by atoms with Crippen molar-refractivity contribution in [2.45, 2.75) is 23.8 Å². The molecular formula is C20H16ClN5O3S. The molecule has 1 unspecified atom stereocenters. The number of amides is 3. The molecule has 152 valence electrons. The number of carbonyl (C=O) groups is 3. The molecule has 2 heterocycles. The fourth-order valence-electron chi connectivity index (χ4n) is 3.03. The van der Waals surface area contributed by atoms with E-state index in [1.54, 1.807) is 36.4 Å². The first-order chi connectivity index (χ1) is 14.4. The Bertz CT molecular complexity index is 1110. The molecule has 0 bridgehead atoms. The van der Waals surface area contributed by atoms with Gasteiger partial charge in [-0.1, -0.05) is 23.4 Å². The number of carbonyl (C=O) groups excluding carboxylic acids is 3. The van der Waals surface area contributed by atoms with Crippen molar-refractivity contribution in [3.05, 3.63) is 53.6 Å². The van der Waals surface area contributed by atoms with Crippen LogP contribution in [0.25, 0.3) is 11.4 Å². The molecule has 3 aromatic rings. The average molecular weight is 442 g/mol. The van der Waals surface area contributed by atoms with Gasteiger partial charge >= 0.3 is 0 Å². The maximum Gasteiger partial charge on any atom is 0.247 e. The molecule has 30 heavy (non-hydrogen) atoms. The zero-order valence-corrected chi connectivity index (χ0v) is 17.3. The quantitative estimate of drug-likeness (QED) is 0.586. The summed E-state index contributed by atoms with van der Waals surface area (Å²) in [6.07, 6.45) is 0.0573. The van der Waals surface area contributed by atoms with Crippen molar-refractivity contribution >= 4 is 52.5 Å². The Morgan fingerprint density at radius 2 is 1.87 bits per heavy atom. The molecule has 10 heteroatoms. The predicted molar refractivity (Wildman–Crippen MR) is 114 cm³/mol. The van der Waals surface area contributed by atoms with Gasteiger partial charge in [0.2, 0.25) is 22.9 Å². The van der Waals surface area contributed by atoms with Gasteiger partial charge in [-0.2, -0.15) is 0 Å². The van der Waals surface area contributed by atoms with Gasteiger partial charge in [-0.05, 0) is 48.5 Å². The van der Waals surface area contributed by atoms with Gasteiger partial charge in [0.05, 0.1) is 5.69 Å². The van der Waals surface area contributed by atoms with Gasteiger partial charge in [-0.3, -0.25) is 19.5 Å². The highest BCUT2D eigenvalue weighted by Crippen LogP contribution is 2.33. The summed E-state index contributed by atoms with van der Waals surface area (Å²) < 4.78 is 0. The summed E-state index contributed by atoms with van der Waals surface area (Å²) in [5.41, 5.74) is 1.86. The van der Waals surface area contributed by atoms with Crippen LogP contribution in [0.5, 0.6) is 0 Å². The Morgan fingerprint density at radius 1 is 1.17 bits per heavy atom. The van der Waals surface area contributed by atoms with Crippen LogP contribution in [0.15, 0.2) is 53.7 Å². The molecule has 2 N–H and O–H groups in total. The summed E-state index contributed by atoms with van der Waals surface area (Å²) in [4.78, 5) is 42.0. The Balaban J connectivity index is 1.47. The van der Waals surface area contributed by atoms with Crippen LogP contribution in [-0.2, 0) is 14.4 Å². The summed E-state index contributed by atoms with van der Waals surface area (Å²) in [6, 6.07) is 13.7. The number of nitrogens with zero attached hydrogens (tertiary/aromatic N) is 3. The lowest BCUT2D eigenvalue weighted by molar-refractivity contribution is -0.121. The van der Waals surface area contributed by atoms with Gasteiger partial charge in [0.15, 0.2) is 5.82 Å². The second-order valence-corrected chi connectivity index (χ2v) is 8.19. The maximum atomic E-state index is 12.8. The minimum Gasteiger partial charge on any atom is -0.326 e. The summed E-state index contributed by atoms with van der Waals surface area (Å²) in [5.74, 6) is -0.262. The van der Waals surface area contributed by atoms with Crippen molar-refractivity contribution in [2.75, 3.05) is 10.2 Å². The summed E-state index contributed by atoms with van der Waals surface area (Å²) in [5, 5.41) is 10.0. The zero-order valence-electron chi connectivity index (χ0n) is 15.8. The molecule has 0 aliphatic carbocycles. The van der Waals surface area contributed by atoms with Gasteiger partial charge in [-0.25, -0.2) is 9.88 Å². The fourth-order valence-corrected chi connectivity index (χ4v) is 4.08. The lowest BCUT2D eigenvalue weighted by Crippen LogP contribution is -2.31. The smallest absolute Gasteiger partial charge is 0.247 e. The maximum absolute atomic E-state index is 12.8. The Morgan fingerprint density at radius 3 is 2.53 bits per heavy atom. The largest absolute Gasteiger partial charge is 0.326 e. The molecular weight excluding hydrogens is 426 g/mol. The molecule has 4 rings (SSSR count). The molecule has 1 aromatic heterocycles. The van der Waals surface area contributed by atoms with E-state index in [-0.39, 0.29) is 24.1 Å². The number of aromatic amines is 1. The fraction of sp³-hybridized carbons (Fsp3) is 0.150. The third kappa shape index (κ3) is 4.22. The molecule has 0 saturated carbocycles. The normalized spacial score (nSPS) is 16.2. The first-order valence-corrected chi connectivity index (χ1v) is 10.3. The summed E-state index contributed by atoms with van der Waals surface area (Å²) in [6.45, 7) is 1.41. The van der Waals surface area contributed by atoms with Crippen molar-refractivity contribution in [3.63, 3.8) is 0 Å². The van der Waals surface area contributed by atoms with Crippen LogP contribution >= 0.6 is 23.4 Å². The Hall–Kier alpha value is -3.17. The average Bonchev–Trinajstić information content (AvgIpc) is 3.28. The molecule has 1 saturated heterocycles. The number of anilines is 2. The van der Waals surface area contributed by atoms with E-state index in [1.807, 2.05) is 12.1 Å². The van der Waals surface area contributed by atoms with Crippen LogP contribution in [0.1, 0.15) is 13.3 Å². The van der Waals surface area contributed by atoms with Gasteiger partial charge in [0, 0.05) is 29.6 Å². The zero-order chi connectivity index (χ0) is 21.3. The van der Waals surface area contributed by atoms with Crippen LogP contribution in [0, 0.1) is 0 Å². The minimum absolute atomic E-state index is 0.0573. The SMILES string of the molecule is CC(=O)Nc1ccc(N2C(=O)CC(Sc3n[nH]c(-c4ccc(Cl)cc4)n3)C2=O)cc1. The third-order valence-electron chi connectivity index (χ3n) is 4.38. The van der Waals surface area contributed by atoms with E-state index in [9.17, 15) is 14.4 Å². The number of halogens is 1. The number of nitrogens with one attached hydrogen (secondary N) is 2. The lowest BCUT2D eigenvalue weighted by atomic mass is 10.2. The van der Waals surface area contributed by atoms with Crippen molar-refractivity contribution in [2.24, 2.45) is 0 Å². The van der Waals surface area contributed by atoms with E-state index in [0.29, 0.717) is 27.4 Å². The van der Waals surface area contributed by atoms with E-state index in [2.05, 4.69) is 20.5 Å². The first-order valence-electron chi connectivity index (χ1n) is 9.00. The summed E-state index contributed by atoms with van der Waals surface area (Å²) in [7, 11) is 0. The van der Waals surface area contributed by atoms with Crippen LogP contribution in [0.4, 0.5) is 11.4 Å². The molecule has 0 spiro atoms. The number of rotatable bonds is 5. The molecule has 3 amide bonds. The Kier molecular flexibility index (Phi) is 5.56. The Labute approximate surface area is 181 Å². The number of imide groups is 1. The topological polar surface area (TPSA) is 108 Å². The van der Waals surface area contributed by atoms with Crippen LogP contribution < -0.4 is 10.2 Å². The van der Waals surface area contributed by atoms with E-state index < -0.39 is 5.25 Å². The molecule has 0 radical (unpaired) electrons. The molecule has 1 fully saturated rings. The third-order valence-corrected chi connectivity index (χ3v) is 5.68. The number of aromatic nitrogens is 3. The van der Waals surface area contributed by atoms with Gasteiger partial charge in [-0.15, -0.1) is 5.10 Å². The van der Waals surface area contributed by atoms with Gasteiger partial charge in [0.25, 0.3) is 0 Å². The van der Waals surface area contributed by atoms with Crippen LogP contribution in [-0.4, -0.2) is 38.2 Å². The monoisotopic (exact) mass is 441 g/mol. The van der Waals surface area contributed by atoms with E-state index in [1.165, 1.54) is 6.92 Å². The number of hydrogen-bond donors (Lipinski definition) is 2. The lowest BCUT2D eigenvalue weighted by Gasteiger charge is -2.15. The van der Waals surface area contributed by atoms with E-state index >= 15 is 0 Å². The van der Waals surface area contributed by atoms with Crippen molar-refractivity contribution in [1.82, 2.24) is 15.2 Å². The second kappa shape index (κ2) is 8.29. The number of thioether (sulfide) groups is 1. The van der Waals surface area contributed by atoms with Crippen LogP contribution in [0.3, 0.4) is 0 Å². The molecule has 1 aliphatic rings. The van der Waals surface area contributed by atoms with E-state index in [0.717, 1.165) is 22.2 Å². The molecule has 2 aromatic carbocycles. The van der Waals surface area contributed by atoms with Crippen molar-refractivity contribution in [1.29, 1.82) is 0 Å². The van der Waals surface area contributed by atoms with Gasteiger partial charge < -0.3 is 5.32 Å². The van der Waals surface area contributed by atoms with Crippen molar-refractivity contribution < 1.29 is 14.4 Å². The highest BCUT2D eigenvalue weighted by molar-refractivity contribution is 8.00. The highest BCUT2D eigenvalue weighted by Gasteiger charge is 2.40. The minimum atomic E-state index is -0.610. The molecule has 8 nitrogen and oxygen atoms in total. The first kappa shape index (κ1) is 20.1. The number of H-pyrrole nitrogens is 1. The number of benzene rings is 2. The van der Waals surface area contributed by atoms with Gasteiger partial charge in [0.1, 0.15) is 5.25 Å². The standard InChI is InChI=1S/C20H16ClN5O3S/c1-11(27)22-14-6-8-15(9-7-14)26-17(28)10-16(19(26)29)30-20-23-18(24-25-20)12-2-4-13(21)5-3-12/h2-9,16H,10H2,1H3,(H,22,27)(H,23,24,25). The predicted octanol–water partition coefficient (Wildman–Crippen LogP) is 3.51. The van der Waals surface area contributed by atoms with Crippen molar-refractivity contribution in [3.8, 4) is 11.4 Å².